The van der Waals surface area contributed by atoms with E-state index in [1.54, 1.807) is 13.0 Å². The van der Waals surface area contributed by atoms with Gasteiger partial charge in [0, 0.05) is 17.8 Å². The first-order valence-electron chi connectivity index (χ1n) is 5.61. The molecule has 1 aromatic heterocycles. The second-order valence-corrected chi connectivity index (χ2v) is 4.82. The highest BCUT2D eigenvalue weighted by atomic mass is 35.5. The van der Waals surface area contributed by atoms with Gasteiger partial charge in [-0.15, -0.1) is 0 Å². The van der Waals surface area contributed by atoms with Crippen LogP contribution >= 0.6 is 23.2 Å². The van der Waals surface area contributed by atoms with E-state index in [4.69, 9.17) is 33.2 Å². The molecule has 0 N–H and O–H groups in total. The van der Waals surface area contributed by atoms with Crippen LogP contribution < -0.4 is 4.74 Å². The summed E-state index contributed by atoms with van der Waals surface area (Å²) in [7, 11) is 0. The largest absolute Gasteiger partial charge is 0.430 e. The molecule has 8 heteroatoms. The topological polar surface area (TPSA) is 89.0 Å². The number of nitriles is 1. The van der Waals surface area contributed by atoms with Crippen LogP contribution in [0.15, 0.2) is 24.3 Å². The fraction of sp³-hybridized carbons (Fsp3) is 0.0769. The summed E-state index contributed by atoms with van der Waals surface area (Å²) < 4.78 is 5.39. The van der Waals surface area contributed by atoms with Gasteiger partial charge in [0.25, 0.3) is 0 Å². The molecule has 0 aliphatic rings. The summed E-state index contributed by atoms with van der Waals surface area (Å²) in [4.78, 5) is 14.4. The molecule has 0 atom stereocenters. The number of nitrogens with zero attached hydrogens (tertiary/aromatic N) is 3. The van der Waals surface area contributed by atoms with Crippen LogP contribution in [0.25, 0.3) is 0 Å². The molecule has 0 spiro atoms. The zero-order valence-corrected chi connectivity index (χ0v) is 12.1. The highest BCUT2D eigenvalue weighted by molar-refractivity contribution is 6.42. The lowest BCUT2D eigenvalue weighted by Crippen LogP contribution is -1.98. The van der Waals surface area contributed by atoms with Gasteiger partial charge in [0.2, 0.25) is 11.6 Å². The Morgan fingerprint density at radius 1 is 1.33 bits per heavy atom. The lowest BCUT2D eigenvalue weighted by Gasteiger charge is -2.08. The first-order valence-corrected chi connectivity index (χ1v) is 6.37. The van der Waals surface area contributed by atoms with Crippen LogP contribution in [-0.2, 0) is 0 Å². The van der Waals surface area contributed by atoms with Crippen molar-refractivity contribution in [3.8, 4) is 17.7 Å². The quantitative estimate of drug-likeness (QED) is 0.621. The molecule has 0 unspecified atom stereocenters. The second kappa shape index (κ2) is 5.95. The van der Waals surface area contributed by atoms with Crippen molar-refractivity contribution in [2.75, 3.05) is 0 Å². The zero-order chi connectivity index (χ0) is 15.6. The number of halogens is 2. The molecule has 0 aliphatic carbocycles. The number of benzene rings is 1. The maximum Gasteiger partial charge on any atom is 0.313 e. The molecule has 0 bridgehead atoms. The number of pyridine rings is 1. The minimum Gasteiger partial charge on any atom is -0.430 e. The molecule has 0 amide bonds. The minimum atomic E-state index is -0.653. The first kappa shape index (κ1) is 15.0. The van der Waals surface area contributed by atoms with Crippen LogP contribution in [0.4, 0.5) is 5.69 Å². The van der Waals surface area contributed by atoms with Gasteiger partial charge in [-0.05, 0) is 19.1 Å². The fourth-order valence-corrected chi connectivity index (χ4v) is 1.85. The third kappa shape index (κ3) is 3.21. The van der Waals surface area contributed by atoms with Crippen molar-refractivity contribution in [3.05, 3.63) is 55.7 Å². The summed E-state index contributed by atoms with van der Waals surface area (Å²) in [5.74, 6) is -0.164. The minimum absolute atomic E-state index is 0.0287. The van der Waals surface area contributed by atoms with Crippen molar-refractivity contribution in [1.29, 1.82) is 5.26 Å². The van der Waals surface area contributed by atoms with E-state index in [2.05, 4.69) is 4.98 Å². The van der Waals surface area contributed by atoms with Crippen molar-refractivity contribution in [2.24, 2.45) is 0 Å². The average molecular weight is 324 g/mol. The number of rotatable bonds is 3. The average Bonchev–Trinajstić information content (AvgIpc) is 2.42. The van der Waals surface area contributed by atoms with Gasteiger partial charge in [0.05, 0.1) is 15.0 Å². The van der Waals surface area contributed by atoms with Crippen LogP contribution in [0.2, 0.25) is 10.0 Å². The van der Waals surface area contributed by atoms with E-state index in [0.717, 1.165) is 6.07 Å². The molecule has 2 rings (SSSR count). The van der Waals surface area contributed by atoms with E-state index in [9.17, 15) is 10.1 Å². The predicted octanol–water partition coefficient (Wildman–Crippen LogP) is 4.27. The molecule has 0 aliphatic heterocycles. The Balaban J connectivity index is 2.54. The van der Waals surface area contributed by atoms with Gasteiger partial charge in [0.1, 0.15) is 11.6 Å². The van der Waals surface area contributed by atoms with Crippen LogP contribution in [0.1, 0.15) is 11.3 Å². The molecular formula is C13H7Cl2N3O3. The Hall–Kier alpha value is -2.36. The maximum absolute atomic E-state index is 11.0. The SMILES string of the molecule is Cc1ccc(C#N)c(Oc2cc(Cl)c(Cl)cc2[N+](=O)[O-])n1. The van der Waals surface area contributed by atoms with Gasteiger partial charge in [-0.3, -0.25) is 10.1 Å². The monoisotopic (exact) mass is 323 g/mol. The molecule has 0 saturated heterocycles. The second-order valence-electron chi connectivity index (χ2n) is 4.01. The van der Waals surface area contributed by atoms with Gasteiger partial charge in [-0.1, -0.05) is 23.2 Å². The summed E-state index contributed by atoms with van der Waals surface area (Å²) in [5, 5.41) is 20.2. The smallest absolute Gasteiger partial charge is 0.313 e. The third-order valence-electron chi connectivity index (χ3n) is 2.53. The Kier molecular flexibility index (Phi) is 4.26. The summed E-state index contributed by atoms with van der Waals surface area (Å²) >= 11 is 11.6. The maximum atomic E-state index is 11.0. The number of aryl methyl sites for hydroxylation is 1. The molecule has 0 saturated carbocycles. The van der Waals surface area contributed by atoms with Gasteiger partial charge < -0.3 is 4.74 Å². The van der Waals surface area contributed by atoms with Gasteiger partial charge in [-0.2, -0.15) is 5.26 Å². The van der Waals surface area contributed by atoms with Crippen LogP contribution in [-0.4, -0.2) is 9.91 Å². The highest BCUT2D eigenvalue weighted by Crippen LogP contribution is 2.38. The number of hydrogen-bond acceptors (Lipinski definition) is 5. The molecular weight excluding hydrogens is 317 g/mol. The Morgan fingerprint density at radius 3 is 2.62 bits per heavy atom. The summed E-state index contributed by atoms with van der Waals surface area (Å²) in [5.41, 5.74) is 0.393. The molecule has 0 radical (unpaired) electrons. The lowest BCUT2D eigenvalue weighted by molar-refractivity contribution is -0.385. The molecule has 21 heavy (non-hydrogen) atoms. The standard InChI is InChI=1S/C13H7Cl2N3O3/c1-7-2-3-8(6-16)13(17-7)21-12-5-10(15)9(14)4-11(12)18(19)20/h2-5H,1H3. The molecule has 2 aromatic rings. The number of aromatic nitrogens is 1. The van der Waals surface area contributed by atoms with Crippen molar-refractivity contribution < 1.29 is 9.66 Å². The van der Waals surface area contributed by atoms with E-state index < -0.39 is 4.92 Å². The van der Waals surface area contributed by atoms with E-state index in [-0.39, 0.29) is 32.9 Å². The van der Waals surface area contributed by atoms with Crippen molar-refractivity contribution >= 4 is 28.9 Å². The highest BCUT2D eigenvalue weighted by Gasteiger charge is 2.20. The van der Waals surface area contributed by atoms with Gasteiger partial charge in [0.15, 0.2) is 0 Å². The normalized spacial score (nSPS) is 10.0. The van der Waals surface area contributed by atoms with E-state index in [0.29, 0.717) is 5.69 Å². The van der Waals surface area contributed by atoms with Crippen LogP contribution in [0.5, 0.6) is 11.6 Å². The predicted molar refractivity (Wildman–Crippen MR) is 76.9 cm³/mol. The zero-order valence-electron chi connectivity index (χ0n) is 10.6. The number of hydrogen-bond donors (Lipinski definition) is 0. The summed E-state index contributed by atoms with van der Waals surface area (Å²) in [6, 6.07) is 7.35. The van der Waals surface area contributed by atoms with E-state index >= 15 is 0 Å². The lowest BCUT2D eigenvalue weighted by atomic mass is 10.2. The van der Waals surface area contributed by atoms with Crippen molar-refractivity contribution in [2.45, 2.75) is 6.92 Å². The molecule has 6 nitrogen and oxygen atoms in total. The number of ether oxygens (including phenoxy) is 1. The number of nitro groups is 1. The molecule has 106 valence electrons. The first-order chi connectivity index (χ1) is 9.92. The van der Waals surface area contributed by atoms with Crippen LogP contribution in [0, 0.1) is 28.4 Å². The Morgan fingerprint density at radius 2 is 2.00 bits per heavy atom. The number of nitro benzene ring substituents is 1. The van der Waals surface area contributed by atoms with Gasteiger partial charge in [-0.25, -0.2) is 4.98 Å². The molecule has 1 aromatic carbocycles. The Labute approximate surface area is 129 Å². The molecule has 1 heterocycles. The third-order valence-corrected chi connectivity index (χ3v) is 3.25. The van der Waals surface area contributed by atoms with E-state index in [1.165, 1.54) is 12.1 Å². The summed E-state index contributed by atoms with van der Waals surface area (Å²) in [6.07, 6.45) is 0. The van der Waals surface area contributed by atoms with Crippen LogP contribution in [0.3, 0.4) is 0 Å². The Bertz CT molecular complexity index is 772. The van der Waals surface area contributed by atoms with E-state index in [1.807, 2.05) is 6.07 Å². The van der Waals surface area contributed by atoms with Crippen molar-refractivity contribution in [1.82, 2.24) is 4.98 Å². The molecule has 0 fully saturated rings. The van der Waals surface area contributed by atoms with Gasteiger partial charge >= 0.3 is 5.69 Å². The van der Waals surface area contributed by atoms with Crippen molar-refractivity contribution in [3.63, 3.8) is 0 Å². The fourth-order valence-electron chi connectivity index (χ4n) is 1.54. The summed E-state index contributed by atoms with van der Waals surface area (Å²) in [6.45, 7) is 1.71.